The van der Waals surface area contributed by atoms with Crippen LogP contribution in [0.2, 0.25) is 5.15 Å². The molecule has 0 aromatic carbocycles. The highest BCUT2D eigenvalue weighted by atomic mass is 127. The molecule has 1 heterocycles. The van der Waals surface area contributed by atoms with Crippen LogP contribution in [-0.4, -0.2) is 15.7 Å². The zero-order valence-electron chi connectivity index (χ0n) is 7.47. The van der Waals surface area contributed by atoms with E-state index in [2.05, 4.69) is 39.5 Å². The highest BCUT2D eigenvalue weighted by molar-refractivity contribution is 14.1. The van der Waals surface area contributed by atoms with E-state index in [4.69, 9.17) is 11.6 Å². The maximum absolute atomic E-state index is 5.93. The van der Waals surface area contributed by atoms with Crippen LogP contribution in [0.5, 0.6) is 0 Å². The number of halogens is 2. The van der Waals surface area contributed by atoms with Crippen LogP contribution in [0.4, 0.5) is 0 Å². The Bertz CT molecular complexity index is 283. The Hall–Kier alpha value is 0.450. The molecular weight excluding hydrogens is 319 g/mol. The van der Waals surface area contributed by atoms with Crippen molar-refractivity contribution in [1.82, 2.24) is 9.97 Å². The molecule has 0 unspecified atom stereocenters. The van der Waals surface area contributed by atoms with Gasteiger partial charge in [-0.1, -0.05) is 18.5 Å². The van der Waals surface area contributed by atoms with Crippen LogP contribution in [0.3, 0.4) is 0 Å². The number of hydrogen-bond acceptors (Lipinski definition) is 3. The molecule has 0 aliphatic heterocycles. The lowest BCUT2D eigenvalue weighted by atomic mass is 10.4. The molecule has 0 saturated carbocycles. The second-order valence-corrected chi connectivity index (χ2v) is 5.18. The minimum absolute atomic E-state index is 0.569. The quantitative estimate of drug-likeness (QED) is 0.629. The van der Waals surface area contributed by atoms with E-state index in [0.29, 0.717) is 5.15 Å². The van der Waals surface area contributed by atoms with Crippen LogP contribution < -0.4 is 0 Å². The normalized spacial score (nSPS) is 10.5. The highest BCUT2D eigenvalue weighted by Crippen LogP contribution is 2.19. The van der Waals surface area contributed by atoms with Gasteiger partial charge in [0.25, 0.3) is 0 Å². The predicted octanol–water partition coefficient (Wildman–Crippen LogP) is 3.30. The third-order valence-electron chi connectivity index (χ3n) is 1.46. The largest absolute Gasteiger partial charge is 0.236 e. The van der Waals surface area contributed by atoms with Gasteiger partial charge in [-0.15, -0.1) is 0 Å². The van der Waals surface area contributed by atoms with E-state index in [1.54, 1.807) is 11.8 Å². The average Bonchev–Trinajstić information content (AvgIpc) is 2.10. The van der Waals surface area contributed by atoms with Gasteiger partial charge in [-0.2, -0.15) is 11.8 Å². The van der Waals surface area contributed by atoms with Crippen molar-refractivity contribution in [3.63, 3.8) is 0 Å². The fourth-order valence-electron chi connectivity index (χ4n) is 0.837. The van der Waals surface area contributed by atoms with Gasteiger partial charge in [0.05, 0.1) is 15.0 Å². The summed E-state index contributed by atoms with van der Waals surface area (Å²) in [6, 6.07) is 0. The Labute approximate surface area is 101 Å². The first-order valence-corrected chi connectivity index (χ1v) is 6.52. The lowest BCUT2D eigenvalue weighted by Crippen LogP contribution is -1.99. The van der Waals surface area contributed by atoms with Gasteiger partial charge in [0, 0.05) is 0 Å². The molecule has 13 heavy (non-hydrogen) atoms. The Balaban J connectivity index is 2.86. The molecular formula is C8H10ClIN2S. The van der Waals surface area contributed by atoms with Crippen molar-refractivity contribution in [1.29, 1.82) is 0 Å². The van der Waals surface area contributed by atoms with E-state index in [0.717, 1.165) is 26.6 Å². The number of nitrogens with zero attached hydrogens (tertiary/aromatic N) is 2. The molecule has 0 spiro atoms. The lowest BCUT2D eigenvalue weighted by molar-refractivity contribution is 0.983. The summed E-state index contributed by atoms with van der Waals surface area (Å²) in [6.45, 7) is 4.07. The van der Waals surface area contributed by atoms with E-state index >= 15 is 0 Å². The van der Waals surface area contributed by atoms with E-state index in [1.807, 2.05) is 6.92 Å². The highest BCUT2D eigenvalue weighted by Gasteiger charge is 2.06. The summed E-state index contributed by atoms with van der Waals surface area (Å²) in [5.41, 5.74) is 0.965. The number of hydrogen-bond donors (Lipinski definition) is 0. The SMILES string of the molecule is CCSCc1nc(C)c(I)c(Cl)n1. The van der Waals surface area contributed by atoms with E-state index in [1.165, 1.54) is 0 Å². The Morgan fingerprint density at radius 3 is 2.69 bits per heavy atom. The van der Waals surface area contributed by atoms with Crippen molar-refractivity contribution in [2.24, 2.45) is 0 Å². The van der Waals surface area contributed by atoms with Crippen molar-refractivity contribution >= 4 is 46.0 Å². The Kier molecular flexibility index (Phi) is 4.75. The second-order valence-electron chi connectivity index (χ2n) is 2.47. The van der Waals surface area contributed by atoms with Gasteiger partial charge in [-0.05, 0) is 35.3 Å². The first-order chi connectivity index (χ1) is 6.15. The average molecular weight is 329 g/mol. The van der Waals surface area contributed by atoms with Crippen LogP contribution in [0, 0.1) is 10.5 Å². The van der Waals surface area contributed by atoms with Crippen molar-refractivity contribution in [3.05, 3.63) is 20.2 Å². The molecule has 0 atom stereocenters. The Morgan fingerprint density at radius 2 is 2.15 bits per heavy atom. The molecule has 0 radical (unpaired) electrons. The van der Waals surface area contributed by atoms with Gasteiger partial charge in [0.15, 0.2) is 0 Å². The number of thioether (sulfide) groups is 1. The smallest absolute Gasteiger partial charge is 0.146 e. The van der Waals surface area contributed by atoms with Gasteiger partial charge < -0.3 is 0 Å². The molecule has 0 aliphatic carbocycles. The third-order valence-corrected chi connectivity index (χ3v) is 4.21. The van der Waals surface area contributed by atoms with Crippen LogP contribution in [0.1, 0.15) is 18.4 Å². The lowest BCUT2D eigenvalue weighted by Gasteiger charge is -2.03. The predicted molar refractivity (Wildman–Crippen MR) is 66.3 cm³/mol. The molecule has 0 amide bonds. The van der Waals surface area contributed by atoms with Crippen molar-refractivity contribution in [2.45, 2.75) is 19.6 Å². The van der Waals surface area contributed by atoms with Gasteiger partial charge in [-0.25, -0.2) is 9.97 Å². The fourth-order valence-corrected chi connectivity index (χ4v) is 1.83. The molecule has 0 bridgehead atoms. The molecule has 72 valence electrons. The fraction of sp³-hybridized carbons (Fsp3) is 0.500. The van der Waals surface area contributed by atoms with Gasteiger partial charge in [-0.3, -0.25) is 0 Å². The first kappa shape index (κ1) is 11.5. The topological polar surface area (TPSA) is 25.8 Å². The zero-order chi connectivity index (χ0) is 9.84. The van der Waals surface area contributed by atoms with Crippen LogP contribution in [-0.2, 0) is 5.75 Å². The minimum atomic E-state index is 0.569. The molecule has 1 aromatic heterocycles. The number of aromatic nitrogens is 2. The summed E-state index contributed by atoms with van der Waals surface area (Å²) >= 11 is 9.89. The monoisotopic (exact) mass is 328 g/mol. The summed E-state index contributed by atoms with van der Waals surface area (Å²) in [7, 11) is 0. The van der Waals surface area contributed by atoms with E-state index in [-0.39, 0.29) is 0 Å². The maximum atomic E-state index is 5.93. The van der Waals surface area contributed by atoms with Crippen molar-refractivity contribution < 1.29 is 0 Å². The molecule has 0 saturated heterocycles. The standard InChI is InChI=1S/C8H10ClIN2S/c1-3-13-4-6-11-5(2)7(10)8(9)12-6/h3-4H2,1-2H3. The van der Waals surface area contributed by atoms with Gasteiger partial charge in [0.1, 0.15) is 11.0 Å². The second kappa shape index (κ2) is 5.36. The molecule has 1 rings (SSSR count). The van der Waals surface area contributed by atoms with Crippen LogP contribution in [0.25, 0.3) is 0 Å². The molecule has 0 fully saturated rings. The summed E-state index contributed by atoms with van der Waals surface area (Å²) in [4.78, 5) is 8.54. The van der Waals surface area contributed by atoms with E-state index in [9.17, 15) is 0 Å². The van der Waals surface area contributed by atoms with Crippen molar-refractivity contribution in [3.8, 4) is 0 Å². The summed E-state index contributed by atoms with van der Waals surface area (Å²) < 4.78 is 0.949. The minimum Gasteiger partial charge on any atom is -0.236 e. The summed E-state index contributed by atoms with van der Waals surface area (Å²) in [5.74, 6) is 2.75. The number of aryl methyl sites for hydroxylation is 1. The van der Waals surface area contributed by atoms with Gasteiger partial charge in [0.2, 0.25) is 0 Å². The molecule has 1 aromatic rings. The van der Waals surface area contributed by atoms with Crippen molar-refractivity contribution in [2.75, 3.05) is 5.75 Å². The molecule has 5 heteroatoms. The van der Waals surface area contributed by atoms with Crippen LogP contribution >= 0.6 is 46.0 Å². The van der Waals surface area contributed by atoms with Gasteiger partial charge >= 0.3 is 0 Å². The molecule has 0 N–H and O–H groups in total. The Morgan fingerprint density at radius 1 is 1.46 bits per heavy atom. The summed E-state index contributed by atoms with van der Waals surface area (Å²) in [5, 5.41) is 0.569. The molecule has 2 nitrogen and oxygen atoms in total. The summed E-state index contributed by atoms with van der Waals surface area (Å²) in [6.07, 6.45) is 0. The zero-order valence-corrected chi connectivity index (χ0v) is 11.2. The van der Waals surface area contributed by atoms with E-state index < -0.39 is 0 Å². The first-order valence-electron chi connectivity index (χ1n) is 3.91. The molecule has 0 aliphatic rings. The van der Waals surface area contributed by atoms with Crippen LogP contribution in [0.15, 0.2) is 0 Å². The third kappa shape index (κ3) is 3.25. The maximum Gasteiger partial charge on any atom is 0.146 e. The number of rotatable bonds is 3.